The normalized spacial score (nSPS) is 23.2. The van der Waals surface area contributed by atoms with Gasteiger partial charge in [0.05, 0.1) is 11.5 Å². The fraction of sp³-hybridized carbons (Fsp3) is 0.625. The van der Waals surface area contributed by atoms with Crippen LogP contribution >= 0.6 is 0 Å². The van der Waals surface area contributed by atoms with E-state index in [-0.39, 0.29) is 29.3 Å². The molecule has 1 fully saturated rings. The highest BCUT2D eigenvalue weighted by Gasteiger charge is 2.33. The van der Waals surface area contributed by atoms with Gasteiger partial charge in [-0.25, -0.2) is 13.4 Å². The molecule has 8 heteroatoms. The maximum Gasteiger partial charge on any atom is 0.291 e. The van der Waals surface area contributed by atoms with Crippen LogP contribution < -0.4 is 0 Å². The van der Waals surface area contributed by atoms with Crippen LogP contribution in [0.1, 0.15) is 17.0 Å². The molecular weight excluding hydrogens is 232 g/mol. The van der Waals surface area contributed by atoms with Crippen molar-refractivity contribution in [3.63, 3.8) is 0 Å². The molecule has 0 radical (unpaired) electrons. The highest BCUT2D eigenvalue weighted by Crippen LogP contribution is 2.17. The molecule has 1 aliphatic heterocycles. The summed E-state index contributed by atoms with van der Waals surface area (Å²) in [5, 5.41) is 6.04. The van der Waals surface area contributed by atoms with E-state index >= 15 is 0 Å². The molecule has 1 aliphatic rings. The Morgan fingerprint density at radius 1 is 1.62 bits per heavy atom. The van der Waals surface area contributed by atoms with Crippen LogP contribution in [-0.2, 0) is 9.84 Å². The lowest BCUT2D eigenvalue weighted by atomic mass is 10.2. The van der Waals surface area contributed by atoms with Crippen LogP contribution in [0.3, 0.4) is 0 Å². The van der Waals surface area contributed by atoms with Crippen molar-refractivity contribution in [3.05, 3.63) is 12.2 Å². The van der Waals surface area contributed by atoms with Crippen molar-refractivity contribution in [2.24, 2.45) is 0 Å². The van der Waals surface area contributed by atoms with Crippen molar-refractivity contribution in [3.8, 4) is 0 Å². The first-order valence-electron chi connectivity index (χ1n) is 4.82. The summed E-state index contributed by atoms with van der Waals surface area (Å²) in [6.07, 6.45) is 1.73. The molecule has 0 bridgehead atoms. The Hall–Kier alpha value is -1.44. The number of aromatic amines is 1. The number of aromatic nitrogens is 3. The molecule has 7 nitrogen and oxygen atoms in total. The third-order valence-electron chi connectivity index (χ3n) is 2.69. The largest absolute Gasteiger partial charge is 0.335 e. The predicted octanol–water partition coefficient (Wildman–Crippen LogP) is -0.936. The number of hydrogen-bond acceptors (Lipinski definition) is 5. The monoisotopic (exact) mass is 244 g/mol. The van der Waals surface area contributed by atoms with Crippen molar-refractivity contribution >= 4 is 15.7 Å². The van der Waals surface area contributed by atoms with Gasteiger partial charge in [-0.1, -0.05) is 0 Å². The van der Waals surface area contributed by atoms with E-state index in [9.17, 15) is 13.2 Å². The highest BCUT2D eigenvalue weighted by molar-refractivity contribution is 7.91. The summed E-state index contributed by atoms with van der Waals surface area (Å²) >= 11 is 0. The number of sulfone groups is 1. The summed E-state index contributed by atoms with van der Waals surface area (Å²) in [5.41, 5.74) is 0. The minimum atomic E-state index is -2.98. The van der Waals surface area contributed by atoms with Gasteiger partial charge in [-0.15, -0.1) is 0 Å². The van der Waals surface area contributed by atoms with Gasteiger partial charge in [0.15, 0.2) is 9.84 Å². The van der Waals surface area contributed by atoms with E-state index in [4.69, 9.17) is 0 Å². The molecule has 0 aromatic carbocycles. The second-order valence-corrected chi connectivity index (χ2v) is 6.04. The van der Waals surface area contributed by atoms with Gasteiger partial charge in [0, 0.05) is 13.1 Å². The van der Waals surface area contributed by atoms with Gasteiger partial charge < -0.3 is 4.90 Å². The maximum atomic E-state index is 11.8. The maximum absolute atomic E-state index is 11.8. The summed E-state index contributed by atoms with van der Waals surface area (Å²) in [6.45, 7) is 0. The molecule has 88 valence electrons. The minimum Gasteiger partial charge on any atom is -0.335 e. The van der Waals surface area contributed by atoms with Gasteiger partial charge in [-0.2, -0.15) is 5.10 Å². The number of H-pyrrole nitrogens is 1. The molecular formula is C8H12N4O3S. The van der Waals surface area contributed by atoms with Gasteiger partial charge in [0.2, 0.25) is 5.82 Å². The number of hydrogen-bond donors (Lipinski definition) is 1. The Labute approximate surface area is 92.8 Å². The minimum absolute atomic E-state index is 0.0311. The highest BCUT2D eigenvalue weighted by atomic mass is 32.2. The average Bonchev–Trinajstić information content (AvgIpc) is 2.84. The van der Waals surface area contributed by atoms with Gasteiger partial charge in [-0.05, 0) is 6.42 Å². The van der Waals surface area contributed by atoms with E-state index < -0.39 is 9.84 Å². The number of nitrogens with one attached hydrogen (secondary N) is 1. The number of amides is 1. The standard InChI is InChI=1S/C8H12N4O3S/c1-12(6-2-3-16(14,15)4-6)8(13)7-9-5-10-11-7/h5-6H,2-4H2,1H3,(H,9,10,11). The molecule has 1 N–H and O–H groups in total. The van der Waals surface area contributed by atoms with Crippen LogP contribution in [0.5, 0.6) is 0 Å². The van der Waals surface area contributed by atoms with E-state index in [1.165, 1.54) is 11.2 Å². The summed E-state index contributed by atoms with van der Waals surface area (Å²) < 4.78 is 22.6. The van der Waals surface area contributed by atoms with Crippen molar-refractivity contribution < 1.29 is 13.2 Å². The Bertz CT molecular complexity index is 481. The number of rotatable bonds is 2. The zero-order valence-corrected chi connectivity index (χ0v) is 9.57. The van der Waals surface area contributed by atoms with Crippen LogP contribution in [-0.4, -0.2) is 59.0 Å². The molecule has 2 heterocycles. The lowest BCUT2D eigenvalue weighted by molar-refractivity contribution is 0.0736. The van der Waals surface area contributed by atoms with Crippen molar-refractivity contribution in [1.29, 1.82) is 0 Å². The summed E-state index contributed by atoms with van der Waals surface area (Å²) in [4.78, 5) is 16.9. The number of carbonyl (C=O) groups is 1. The molecule has 1 atom stereocenters. The average molecular weight is 244 g/mol. The Balaban J connectivity index is 2.09. The molecule has 0 spiro atoms. The van der Waals surface area contributed by atoms with Gasteiger partial charge >= 0.3 is 0 Å². The quantitative estimate of drug-likeness (QED) is 0.724. The van der Waals surface area contributed by atoms with E-state index in [1.54, 1.807) is 7.05 Å². The first kappa shape index (κ1) is 11.1. The third-order valence-corrected chi connectivity index (χ3v) is 4.44. The first-order chi connectivity index (χ1) is 7.49. The zero-order valence-electron chi connectivity index (χ0n) is 8.75. The number of nitrogens with zero attached hydrogens (tertiary/aromatic N) is 3. The van der Waals surface area contributed by atoms with E-state index in [0.29, 0.717) is 6.42 Å². The van der Waals surface area contributed by atoms with E-state index in [1.807, 2.05) is 0 Å². The molecule has 2 rings (SSSR count). The van der Waals surface area contributed by atoms with Crippen LogP contribution in [0.2, 0.25) is 0 Å². The summed E-state index contributed by atoms with van der Waals surface area (Å²) in [5.74, 6) is -0.0267. The molecule has 1 unspecified atom stereocenters. The van der Waals surface area contributed by atoms with Crippen molar-refractivity contribution in [2.75, 3.05) is 18.6 Å². The van der Waals surface area contributed by atoms with Crippen LogP contribution in [0.15, 0.2) is 6.33 Å². The van der Waals surface area contributed by atoms with E-state index in [0.717, 1.165) is 0 Å². The number of carbonyl (C=O) groups excluding carboxylic acids is 1. The Kier molecular flexibility index (Phi) is 2.66. The van der Waals surface area contributed by atoms with Gasteiger partial charge in [-0.3, -0.25) is 9.89 Å². The SMILES string of the molecule is CN(C(=O)c1ncn[nH]1)C1CCS(=O)(=O)C1. The molecule has 0 aliphatic carbocycles. The second kappa shape index (κ2) is 3.85. The molecule has 16 heavy (non-hydrogen) atoms. The van der Waals surface area contributed by atoms with Crippen molar-refractivity contribution in [1.82, 2.24) is 20.1 Å². The second-order valence-electron chi connectivity index (χ2n) is 3.81. The van der Waals surface area contributed by atoms with Crippen LogP contribution in [0.4, 0.5) is 0 Å². The first-order valence-corrected chi connectivity index (χ1v) is 6.65. The van der Waals surface area contributed by atoms with Crippen LogP contribution in [0.25, 0.3) is 0 Å². The Morgan fingerprint density at radius 3 is 2.88 bits per heavy atom. The Morgan fingerprint density at radius 2 is 2.38 bits per heavy atom. The molecule has 1 saturated heterocycles. The zero-order chi connectivity index (χ0) is 11.8. The fourth-order valence-electron chi connectivity index (χ4n) is 1.72. The topological polar surface area (TPSA) is 96.0 Å². The predicted molar refractivity (Wildman–Crippen MR) is 55.5 cm³/mol. The van der Waals surface area contributed by atoms with E-state index in [2.05, 4.69) is 15.2 Å². The summed E-state index contributed by atoms with van der Waals surface area (Å²) in [7, 11) is -1.40. The molecule has 1 aromatic heterocycles. The van der Waals surface area contributed by atoms with Gasteiger partial charge in [0.1, 0.15) is 6.33 Å². The lowest BCUT2D eigenvalue weighted by Crippen LogP contribution is -2.38. The molecule has 1 amide bonds. The van der Waals surface area contributed by atoms with Crippen molar-refractivity contribution in [2.45, 2.75) is 12.5 Å². The molecule has 1 aromatic rings. The molecule has 0 saturated carbocycles. The summed E-state index contributed by atoms with van der Waals surface area (Å²) in [6, 6.07) is -0.261. The third kappa shape index (κ3) is 2.06. The fourth-order valence-corrected chi connectivity index (χ4v) is 3.50. The van der Waals surface area contributed by atoms with Crippen LogP contribution in [0, 0.1) is 0 Å². The smallest absolute Gasteiger partial charge is 0.291 e. The van der Waals surface area contributed by atoms with Gasteiger partial charge in [0.25, 0.3) is 5.91 Å². The lowest BCUT2D eigenvalue weighted by Gasteiger charge is -2.21.